The third-order valence-corrected chi connectivity index (χ3v) is 8.47. The van der Waals surface area contributed by atoms with E-state index in [0.717, 1.165) is 72.6 Å². The summed E-state index contributed by atoms with van der Waals surface area (Å²) in [5.41, 5.74) is 0.788. The Morgan fingerprint density at radius 2 is 1.94 bits per heavy atom. The van der Waals surface area contributed by atoms with Crippen LogP contribution in [0.3, 0.4) is 0 Å². The van der Waals surface area contributed by atoms with Crippen LogP contribution in [-0.2, 0) is 4.74 Å². The normalized spacial score (nSPS) is 18.6. The molecule has 1 amide bonds. The highest BCUT2D eigenvalue weighted by atomic mass is 35.5. The third kappa shape index (κ3) is 7.26. The van der Waals surface area contributed by atoms with E-state index in [1.807, 2.05) is 33.2 Å². The second-order valence-corrected chi connectivity index (χ2v) is 12.6. The van der Waals surface area contributed by atoms with E-state index in [1.54, 1.807) is 11.8 Å². The lowest BCUT2D eigenvalue weighted by Gasteiger charge is -2.40. The topological polar surface area (TPSA) is 79.4 Å². The molecule has 36 heavy (non-hydrogen) atoms. The molecule has 2 N–H and O–H groups in total. The molecular weight excluding hydrogens is 494 g/mol. The molecule has 3 heterocycles. The van der Waals surface area contributed by atoms with Crippen LogP contribution in [0.4, 0.5) is 10.6 Å². The second kappa shape index (κ2) is 11.6. The van der Waals surface area contributed by atoms with Crippen molar-refractivity contribution in [2.24, 2.45) is 5.41 Å². The summed E-state index contributed by atoms with van der Waals surface area (Å²) in [6.45, 7) is 12.3. The van der Waals surface area contributed by atoms with Crippen LogP contribution in [0.1, 0.15) is 64.9 Å². The summed E-state index contributed by atoms with van der Waals surface area (Å²) in [7, 11) is 0. The monoisotopic (exact) mass is 531 g/mol. The standard InChI is InChI=1S/C27H38ClN5O2S/c1-26(2,3)35-25(34)32-18-27(4)10-14-33(15-11-27)22-16-31-23(17-30-22)36-21-7-5-6-20(24(21)28)19-8-12-29-13-9-19/h5-7,16-17,19,29H,8-15,18H2,1-4H3,(H,32,34). The Labute approximate surface area is 224 Å². The number of benzene rings is 1. The highest BCUT2D eigenvalue weighted by Crippen LogP contribution is 2.39. The molecule has 2 saturated heterocycles. The number of piperidine rings is 2. The molecule has 0 unspecified atom stereocenters. The van der Waals surface area contributed by atoms with Gasteiger partial charge >= 0.3 is 6.09 Å². The molecule has 0 aliphatic carbocycles. The molecule has 4 rings (SSSR count). The highest BCUT2D eigenvalue weighted by molar-refractivity contribution is 7.99. The minimum absolute atomic E-state index is 0.0345. The molecular formula is C27H38ClN5O2S. The number of ether oxygens (including phenoxy) is 1. The van der Waals surface area contributed by atoms with Gasteiger partial charge in [-0.3, -0.25) is 0 Å². The van der Waals surface area contributed by atoms with Crippen molar-refractivity contribution in [1.29, 1.82) is 0 Å². The number of nitrogens with zero attached hydrogens (tertiary/aromatic N) is 3. The van der Waals surface area contributed by atoms with E-state index in [4.69, 9.17) is 21.3 Å². The molecule has 196 valence electrons. The first-order valence-electron chi connectivity index (χ1n) is 12.8. The number of halogens is 1. The average Bonchev–Trinajstić information content (AvgIpc) is 2.85. The predicted octanol–water partition coefficient (Wildman–Crippen LogP) is 5.88. The van der Waals surface area contributed by atoms with E-state index in [0.29, 0.717) is 12.5 Å². The molecule has 7 nitrogen and oxygen atoms in total. The van der Waals surface area contributed by atoms with E-state index < -0.39 is 5.60 Å². The Kier molecular flexibility index (Phi) is 8.68. The number of carbonyl (C=O) groups excluding carboxylic acids is 1. The van der Waals surface area contributed by atoms with Crippen molar-refractivity contribution < 1.29 is 9.53 Å². The number of carbonyl (C=O) groups is 1. The maximum atomic E-state index is 12.0. The smallest absolute Gasteiger partial charge is 0.407 e. The van der Waals surface area contributed by atoms with E-state index in [-0.39, 0.29) is 11.5 Å². The molecule has 2 aromatic rings. The van der Waals surface area contributed by atoms with Crippen LogP contribution in [0.2, 0.25) is 5.02 Å². The van der Waals surface area contributed by atoms with E-state index in [2.05, 4.69) is 45.6 Å². The van der Waals surface area contributed by atoms with Crippen molar-refractivity contribution in [3.63, 3.8) is 0 Å². The lowest BCUT2D eigenvalue weighted by molar-refractivity contribution is 0.0495. The van der Waals surface area contributed by atoms with Gasteiger partial charge in [-0.15, -0.1) is 0 Å². The van der Waals surface area contributed by atoms with Gasteiger partial charge in [0.1, 0.15) is 16.4 Å². The third-order valence-electron chi connectivity index (χ3n) is 6.95. The molecule has 0 bridgehead atoms. The number of amides is 1. The molecule has 0 radical (unpaired) electrons. The van der Waals surface area contributed by atoms with Crippen LogP contribution in [0.5, 0.6) is 0 Å². The zero-order chi connectivity index (χ0) is 25.8. The Morgan fingerprint density at radius 1 is 1.22 bits per heavy atom. The lowest BCUT2D eigenvalue weighted by Crippen LogP contribution is -2.45. The molecule has 2 fully saturated rings. The fraction of sp³-hybridized carbons (Fsp3) is 0.593. The Hall–Kier alpha value is -2.03. The molecule has 2 aliphatic rings. The van der Waals surface area contributed by atoms with Crippen LogP contribution in [0.15, 0.2) is 40.5 Å². The summed E-state index contributed by atoms with van der Waals surface area (Å²) in [6, 6.07) is 6.31. The van der Waals surface area contributed by atoms with Crippen molar-refractivity contribution in [3.05, 3.63) is 41.2 Å². The fourth-order valence-electron chi connectivity index (χ4n) is 4.75. The molecule has 9 heteroatoms. The van der Waals surface area contributed by atoms with Crippen LogP contribution in [0.25, 0.3) is 0 Å². The van der Waals surface area contributed by atoms with Gasteiger partial charge in [-0.05, 0) is 82.5 Å². The quantitative estimate of drug-likeness (QED) is 0.482. The minimum Gasteiger partial charge on any atom is -0.444 e. The largest absolute Gasteiger partial charge is 0.444 e. The number of aromatic nitrogens is 2. The SMILES string of the molecule is CC1(CNC(=O)OC(C)(C)C)CCN(c2cnc(Sc3cccc(C4CCNCC4)c3Cl)cn2)CC1. The van der Waals surface area contributed by atoms with Gasteiger partial charge < -0.3 is 20.3 Å². The van der Waals surface area contributed by atoms with Crippen molar-refractivity contribution in [1.82, 2.24) is 20.6 Å². The van der Waals surface area contributed by atoms with Crippen LogP contribution < -0.4 is 15.5 Å². The Balaban J connectivity index is 1.31. The average molecular weight is 532 g/mol. The van der Waals surface area contributed by atoms with E-state index >= 15 is 0 Å². The number of anilines is 1. The van der Waals surface area contributed by atoms with Crippen molar-refractivity contribution in [3.8, 4) is 0 Å². The predicted molar refractivity (Wildman–Crippen MR) is 146 cm³/mol. The fourth-order valence-corrected chi connectivity index (χ4v) is 5.93. The number of nitrogens with one attached hydrogen (secondary N) is 2. The summed E-state index contributed by atoms with van der Waals surface area (Å²) in [5.74, 6) is 1.40. The maximum Gasteiger partial charge on any atom is 0.407 e. The summed E-state index contributed by atoms with van der Waals surface area (Å²) < 4.78 is 5.37. The van der Waals surface area contributed by atoms with E-state index in [1.165, 1.54) is 5.56 Å². The van der Waals surface area contributed by atoms with Crippen LogP contribution >= 0.6 is 23.4 Å². The summed E-state index contributed by atoms with van der Waals surface area (Å²) in [4.78, 5) is 24.7. The van der Waals surface area contributed by atoms with E-state index in [9.17, 15) is 4.79 Å². The highest BCUT2D eigenvalue weighted by Gasteiger charge is 2.31. The second-order valence-electron chi connectivity index (χ2n) is 11.2. The summed E-state index contributed by atoms with van der Waals surface area (Å²) >= 11 is 8.39. The number of rotatable bonds is 6. The van der Waals surface area contributed by atoms with Gasteiger partial charge in [0, 0.05) is 24.5 Å². The number of hydrogen-bond donors (Lipinski definition) is 2. The molecule has 0 spiro atoms. The molecule has 0 atom stereocenters. The van der Waals surface area contributed by atoms with Crippen LogP contribution in [0, 0.1) is 5.41 Å². The van der Waals surface area contributed by atoms with Gasteiger partial charge in [-0.25, -0.2) is 14.8 Å². The molecule has 0 saturated carbocycles. The van der Waals surface area contributed by atoms with Crippen molar-refractivity contribution in [2.45, 2.75) is 74.8 Å². The van der Waals surface area contributed by atoms with Gasteiger partial charge in [0.15, 0.2) is 0 Å². The summed E-state index contributed by atoms with van der Waals surface area (Å²) in [5, 5.41) is 8.04. The zero-order valence-electron chi connectivity index (χ0n) is 21.8. The molecule has 2 aliphatic heterocycles. The minimum atomic E-state index is -0.487. The van der Waals surface area contributed by atoms with Gasteiger partial charge in [0.25, 0.3) is 0 Å². The number of hydrogen-bond acceptors (Lipinski definition) is 7. The van der Waals surface area contributed by atoms with Gasteiger partial charge in [-0.2, -0.15) is 0 Å². The van der Waals surface area contributed by atoms with Crippen LogP contribution in [-0.4, -0.2) is 54.4 Å². The zero-order valence-corrected chi connectivity index (χ0v) is 23.3. The van der Waals surface area contributed by atoms with Crippen molar-refractivity contribution >= 4 is 35.3 Å². The van der Waals surface area contributed by atoms with Gasteiger partial charge in [0.2, 0.25) is 0 Å². The first-order valence-corrected chi connectivity index (χ1v) is 14.0. The van der Waals surface area contributed by atoms with Crippen molar-refractivity contribution in [2.75, 3.05) is 37.6 Å². The Morgan fingerprint density at radius 3 is 2.58 bits per heavy atom. The molecule has 1 aromatic carbocycles. The first kappa shape index (κ1) is 27.0. The Bertz CT molecular complexity index is 1030. The maximum absolute atomic E-state index is 12.0. The molecule has 1 aromatic heterocycles. The summed E-state index contributed by atoms with van der Waals surface area (Å²) in [6.07, 6.45) is 7.49. The number of alkyl carbamates (subject to hydrolysis) is 1. The van der Waals surface area contributed by atoms with Gasteiger partial charge in [-0.1, -0.05) is 42.4 Å². The lowest BCUT2D eigenvalue weighted by atomic mass is 9.80. The first-order chi connectivity index (χ1) is 17.1. The van der Waals surface area contributed by atoms with Gasteiger partial charge in [0.05, 0.1) is 17.4 Å².